The highest BCUT2D eigenvalue weighted by Crippen LogP contribution is 2.36. The molecule has 22 heavy (non-hydrogen) atoms. The first-order chi connectivity index (χ1) is 10.1. The van der Waals surface area contributed by atoms with E-state index in [4.69, 9.17) is 11.6 Å². The lowest BCUT2D eigenvalue weighted by molar-refractivity contribution is -0.274. The standard InChI is InChI=1S/C13H6ClF6NO/c14-7-5-9(21-11(6-7)12(15,16)17)8-3-1-2-4-10(8)22-13(18,19)20/h1-6H. The van der Waals surface area contributed by atoms with Crippen LogP contribution in [0.2, 0.25) is 5.02 Å². The summed E-state index contributed by atoms with van der Waals surface area (Å²) < 4.78 is 78.9. The Morgan fingerprint density at radius 2 is 1.59 bits per heavy atom. The molecule has 1 aromatic heterocycles. The van der Waals surface area contributed by atoms with Crippen molar-refractivity contribution in [2.24, 2.45) is 0 Å². The summed E-state index contributed by atoms with van der Waals surface area (Å²) in [6, 6.07) is 6.32. The van der Waals surface area contributed by atoms with Gasteiger partial charge in [0.25, 0.3) is 0 Å². The second kappa shape index (κ2) is 5.68. The molecule has 0 unspecified atom stereocenters. The zero-order chi connectivity index (χ0) is 16.5. The minimum atomic E-state index is -4.98. The quantitative estimate of drug-likeness (QED) is 0.690. The van der Waals surface area contributed by atoms with Crippen LogP contribution < -0.4 is 4.74 Å². The summed E-state index contributed by atoms with van der Waals surface area (Å²) in [4.78, 5) is 3.31. The van der Waals surface area contributed by atoms with Gasteiger partial charge in [-0.1, -0.05) is 23.7 Å². The average Bonchev–Trinajstić information content (AvgIpc) is 2.35. The molecule has 0 atom stereocenters. The third kappa shape index (κ3) is 4.03. The van der Waals surface area contributed by atoms with E-state index >= 15 is 0 Å². The van der Waals surface area contributed by atoms with E-state index in [-0.39, 0.29) is 16.3 Å². The first-order valence-corrected chi connectivity index (χ1v) is 6.04. The molecule has 0 aliphatic carbocycles. The van der Waals surface area contributed by atoms with E-state index < -0.39 is 24.0 Å². The number of alkyl halides is 6. The van der Waals surface area contributed by atoms with Crippen LogP contribution in [0.25, 0.3) is 11.3 Å². The van der Waals surface area contributed by atoms with E-state index in [1.807, 2.05) is 0 Å². The SMILES string of the molecule is FC(F)(F)Oc1ccccc1-c1cc(Cl)cc(C(F)(F)F)n1. The van der Waals surface area contributed by atoms with Gasteiger partial charge in [0.05, 0.1) is 5.69 Å². The molecule has 0 fully saturated rings. The van der Waals surface area contributed by atoms with Crippen LogP contribution in [0.5, 0.6) is 5.75 Å². The van der Waals surface area contributed by atoms with E-state index in [0.29, 0.717) is 6.07 Å². The average molecular weight is 342 g/mol. The lowest BCUT2D eigenvalue weighted by atomic mass is 10.1. The van der Waals surface area contributed by atoms with Gasteiger partial charge in [-0.2, -0.15) is 13.2 Å². The highest BCUT2D eigenvalue weighted by molar-refractivity contribution is 6.30. The molecule has 0 bridgehead atoms. The second-order valence-electron chi connectivity index (χ2n) is 4.10. The molecule has 1 heterocycles. The zero-order valence-corrected chi connectivity index (χ0v) is 11.2. The molecule has 0 amide bonds. The van der Waals surface area contributed by atoms with Crippen molar-refractivity contribution in [1.29, 1.82) is 0 Å². The Bertz CT molecular complexity index is 683. The van der Waals surface area contributed by atoms with Gasteiger partial charge in [-0.15, -0.1) is 13.2 Å². The van der Waals surface area contributed by atoms with Crippen molar-refractivity contribution in [2.45, 2.75) is 12.5 Å². The van der Waals surface area contributed by atoms with E-state index in [2.05, 4.69) is 9.72 Å². The molecule has 2 rings (SSSR count). The molecular formula is C13H6ClF6NO. The Hall–Kier alpha value is -1.96. The number of pyridine rings is 1. The Morgan fingerprint density at radius 3 is 2.18 bits per heavy atom. The number of para-hydroxylation sites is 1. The van der Waals surface area contributed by atoms with Crippen LogP contribution in [0.3, 0.4) is 0 Å². The van der Waals surface area contributed by atoms with Crippen LogP contribution in [0, 0.1) is 0 Å². The molecule has 0 saturated heterocycles. The molecule has 0 saturated carbocycles. The normalized spacial score (nSPS) is 12.3. The molecule has 9 heteroatoms. The monoisotopic (exact) mass is 341 g/mol. The van der Waals surface area contributed by atoms with Gasteiger partial charge >= 0.3 is 12.5 Å². The van der Waals surface area contributed by atoms with Crippen LogP contribution in [0.4, 0.5) is 26.3 Å². The number of rotatable bonds is 2. The van der Waals surface area contributed by atoms with Gasteiger partial charge in [0, 0.05) is 10.6 Å². The van der Waals surface area contributed by atoms with Crippen molar-refractivity contribution < 1.29 is 31.1 Å². The highest BCUT2D eigenvalue weighted by Gasteiger charge is 2.35. The number of hydrogen-bond donors (Lipinski definition) is 0. The molecule has 2 nitrogen and oxygen atoms in total. The van der Waals surface area contributed by atoms with Crippen molar-refractivity contribution >= 4 is 11.6 Å². The van der Waals surface area contributed by atoms with E-state index in [0.717, 1.165) is 18.2 Å². The largest absolute Gasteiger partial charge is 0.573 e. The molecule has 118 valence electrons. The molecule has 2 aromatic rings. The molecule has 0 radical (unpaired) electrons. The fourth-order valence-electron chi connectivity index (χ4n) is 1.67. The maximum absolute atomic E-state index is 12.7. The molecular weight excluding hydrogens is 336 g/mol. The molecule has 0 aliphatic rings. The van der Waals surface area contributed by atoms with E-state index in [1.165, 1.54) is 12.1 Å². The number of aromatic nitrogens is 1. The maximum Gasteiger partial charge on any atom is 0.573 e. The summed E-state index contributed by atoms with van der Waals surface area (Å²) in [7, 11) is 0. The first-order valence-electron chi connectivity index (χ1n) is 5.66. The number of ether oxygens (including phenoxy) is 1. The topological polar surface area (TPSA) is 22.1 Å². The minimum Gasteiger partial charge on any atom is -0.405 e. The lowest BCUT2D eigenvalue weighted by Gasteiger charge is -2.14. The van der Waals surface area contributed by atoms with E-state index in [9.17, 15) is 26.3 Å². The predicted molar refractivity (Wildman–Crippen MR) is 66.4 cm³/mol. The Labute approximate surface area is 125 Å². The van der Waals surface area contributed by atoms with Gasteiger partial charge in [-0.25, -0.2) is 4.98 Å². The Morgan fingerprint density at radius 1 is 0.955 bits per heavy atom. The Balaban J connectivity index is 2.55. The second-order valence-corrected chi connectivity index (χ2v) is 4.53. The summed E-state index contributed by atoms with van der Waals surface area (Å²) in [5.41, 5.74) is -1.94. The first kappa shape index (κ1) is 16.4. The smallest absolute Gasteiger partial charge is 0.405 e. The summed E-state index contributed by atoms with van der Waals surface area (Å²) in [5, 5.41) is -0.306. The maximum atomic E-state index is 12.7. The highest BCUT2D eigenvalue weighted by atomic mass is 35.5. The summed E-state index contributed by atoms with van der Waals surface area (Å²) in [5.74, 6) is -0.669. The summed E-state index contributed by atoms with van der Waals surface area (Å²) in [6.45, 7) is 0. The van der Waals surface area contributed by atoms with Crippen LogP contribution >= 0.6 is 11.6 Å². The van der Waals surface area contributed by atoms with E-state index in [1.54, 1.807) is 0 Å². The van der Waals surface area contributed by atoms with Gasteiger partial charge in [0.15, 0.2) is 0 Å². The fourth-order valence-corrected chi connectivity index (χ4v) is 1.88. The van der Waals surface area contributed by atoms with Gasteiger partial charge in [-0.05, 0) is 24.3 Å². The van der Waals surface area contributed by atoms with Gasteiger partial charge in [-0.3, -0.25) is 0 Å². The minimum absolute atomic E-state index is 0.257. The van der Waals surface area contributed by atoms with Gasteiger partial charge in [0.1, 0.15) is 11.4 Å². The molecule has 1 aromatic carbocycles. The van der Waals surface area contributed by atoms with Crippen molar-refractivity contribution in [3.8, 4) is 17.0 Å². The summed E-state index contributed by atoms with van der Waals surface area (Å²) >= 11 is 5.59. The van der Waals surface area contributed by atoms with Crippen molar-refractivity contribution in [3.63, 3.8) is 0 Å². The third-order valence-corrected chi connectivity index (χ3v) is 2.69. The Kier molecular flexibility index (Phi) is 4.23. The van der Waals surface area contributed by atoms with Gasteiger partial charge in [0.2, 0.25) is 0 Å². The van der Waals surface area contributed by atoms with Crippen LogP contribution in [-0.2, 0) is 6.18 Å². The lowest BCUT2D eigenvalue weighted by Crippen LogP contribution is -2.17. The van der Waals surface area contributed by atoms with Crippen LogP contribution in [0.1, 0.15) is 5.69 Å². The van der Waals surface area contributed by atoms with Gasteiger partial charge < -0.3 is 4.74 Å². The van der Waals surface area contributed by atoms with Crippen molar-refractivity contribution in [1.82, 2.24) is 4.98 Å². The number of benzene rings is 1. The van der Waals surface area contributed by atoms with Crippen molar-refractivity contribution in [2.75, 3.05) is 0 Å². The fraction of sp³-hybridized carbons (Fsp3) is 0.154. The predicted octanol–water partition coefficient (Wildman–Crippen LogP) is 5.32. The zero-order valence-electron chi connectivity index (χ0n) is 10.5. The number of nitrogens with zero attached hydrogens (tertiary/aromatic N) is 1. The van der Waals surface area contributed by atoms with Crippen LogP contribution in [0.15, 0.2) is 36.4 Å². The molecule has 0 spiro atoms. The number of halogens is 7. The third-order valence-electron chi connectivity index (χ3n) is 2.47. The number of hydrogen-bond acceptors (Lipinski definition) is 2. The molecule has 0 aliphatic heterocycles. The summed E-state index contributed by atoms with van der Waals surface area (Å²) in [6.07, 6.45) is -9.76. The van der Waals surface area contributed by atoms with Crippen molar-refractivity contribution in [3.05, 3.63) is 47.1 Å². The molecule has 0 N–H and O–H groups in total. The van der Waals surface area contributed by atoms with Crippen LogP contribution in [-0.4, -0.2) is 11.3 Å².